The minimum Gasteiger partial charge on any atom is -0.488 e. The Morgan fingerprint density at radius 2 is 1.75 bits per heavy atom. The van der Waals surface area contributed by atoms with Crippen molar-refractivity contribution in [1.29, 1.82) is 0 Å². The lowest BCUT2D eigenvalue weighted by Gasteiger charge is -2.13. The van der Waals surface area contributed by atoms with Gasteiger partial charge in [-0.2, -0.15) is 10.1 Å². The summed E-state index contributed by atoms with van der Waals surface area (Å²) >= 11 is 3.42. The van der Waals surface area contributed by atoms with E-state index in [4.69, 9.17) is 4.74 Å². The Balaban J connectivity index is 1.32. The first kappa shape index (κ1) is 20.6. The van der Waals surface area contributed by atoms with Gasteiger partial charge in [-0.15, -0.1) is 0 Å². The molecule has 2 amide bonds. The Bertz CT molecular complexity index is 1150. The van der Waals surface area contributed by atoms with Crippen molar-refractivity contribution in [2.75, 3.05) is 0 Å². The summed E-state index contributed by atoms with van der Waals surface area (Å²) in [5.74, 6) is -0.296. The molecular formula is C23H18BrN3O5. The maximum absolute atomic E-state index is 12.8. The number of halogens is 1. The number of carbonyl (C=O) groups is 2. The zero-order valence-electron chi connectivity index (χ0n) is 16.8. The molecule has 1 saturated heterocycles. The molecule has 9 heteroatoms. The molecule has 2 aromatic carbocycles. The molecule has 0 aromatic heterocycles. The number of fused-ring (bicyclic) bond motifs is 5. The number of carbonyl (C=O) groups excluding carboxylic acids is 2. The standard InChI is InChI=1S/C23H18BrN3O5/c24-17-5-8-19(32-12-13-1-6-18(7-2-13)27(30)31)16(10-17)11-25-26-22(28)20-14-3-4-15(9-14)21(20)23(26)29/h1-8,10-11,14-15,20-21H,9,12H2. The van der Waals surface area contributed by atoms with Gasteiger partial charge < -0.3 is 4.74 Å². The number of nitro benzene ring substituents is 1. The lowest BCUT2D eigenvalue weighted by Crippen LogP contribution is -2.28. The van der Waals surface area contributed by atoms with Gasteiger partial charge in [-0.1, -0.05) is 28.1 Å². The molecule has 0 spiro atoms. The maximum atomic E-state index is 12.8. The van der Waals surface area contributed by atoms with E-state index in [1.807, 2.05) is 18.2 Å². The van der Waals surface area contributed by atoms with Crippen LogP contribution in [0.15, 0.2) is 64.2 Å². The van der Waals surface area contributed by atoms with Crippen molar-refractivity contribution in [3.05, 3.63) is 80.3 Å². The number of imide groups is 1. The summed E-state index contributed by atoms with van der Waals surface area (Å²) in [4.78, 5) is 36.0. The number of rotatable bonds is 6. The molecule has 2 aliphatic carbocycles. The summed E-state index contributed by atoms with van der Waals surface area (Å²) in [5, 5.41) is 16.0. The third-order valence-electron chi connectivity index (χ3n) is 6.27. The van der Waals surface area contributed by atoms with Gasteiger partial charge in [0.05, 0.1) is 23.0 Å². The Morgan fingerprint density at radius 3 is 2.38 bits per heavy atom. The van der Waals surface area contributed by atoms with E-state index in [1.54, 1.807) is 24.3 Å². The molecule has 4 atom stereocenters. The van der Waals surface area contributed by atoms with Gasteiger partial charge in [0, 0.05) is 22.2 Å². The van der Waals surface area contributed by atoms with Crippen LogP contribution in [0, 0.1) is 33.8 Å². The first-order valence-corrected chi connectivity index (χ1v) is 11.0. The Hall–Kier alpha value is -3.33. The highest BCUT2D eigenvalue weighted by molar-refractivity contribution is 9.10. The highest BCUT2D eigenvalue weighted by Crippen LogP contribution is 2.52. The third-order valence-corrected chi connectivity index (χ3v) is 6.77. The van der Waals surface area contributed by atoms with Crippen molar-refractivity contribution in [2.24, 2.45) is 28.8 Å². The number of nitro groups is 1. The smallest absolute Gasteiger partial charge is 0.269 e. The molecule has 0 N–H and O–H groups in total. The third kappa shape index (κ3) is 3.52. The van der Waals surface area contributed by atoms with Crippen LogP contribution in [-0.2, 0) is 16.2 Å². The molecule has 1 saturated carbocycles. The van der Waals surface area contributed by atoms with Crippen LogP contribution in [0.5, 0.6) is 5.75 Å². The second kappa shape index (κ2) is 7.98. The fourth-order valence-corrected chi connectivity index (χ4v) is 5.13. The largest absolute Gasteiger partial charge is 0.488 e. The molecule has 162 valence electrons. The topological polar surface area (TPSA) is 102 Å². The SMILES string of the molecule is O=C1C2C3C=CC(C3)C2C(=O)N1N=Cc1cc(Br)ccc1OCc1ccc([N+](=O)[O-])cc1. The average molecular weight is 496 g/mol. The van der Waals surface area contributed by atoms with E-state index in [9.17, 15) is 19.7 Å². The second-order valence-corrected chi connectivity index (χ2v) is 9.04. The molecule has 3 aliphatic rings. The van der Waals surface area contributed by atoms with Gasteiger partial charge in [-0.05, 0) is 54.2 Å². The number of hydrazone groups is 1. The van der Waals surface area contributed by atoms with Crippen LogP contribution < -0.4 is 4.74 Å². The van der Waals surface area contributed by atoms with E-state index >= 15 is 0 Å². The maximum Gasteiger partial charge on any atom is 0.269 e. The van der Waals surface area contributed by atoms with Gasteiger partial charge in [-0.25, -0.2) is 0 Å². The highest BCUT2D eigenvalue weighted by atomic mass is 79.9. The van der Waals surface area contributed by atoms with E-state index in [0.717, 1.165) is 21.5 Å². The Kier molecular flexibility index (Phi) is 5.13. The van der Waals surface area contributed by atoms with Gasteiger partial charge in [0.25, 0.3) is 17.5 Å². The molecule has 0 radical (unpaired) electrons. The normalized spacial score (nSPS) is 25.7. The first-order chi connectivity index (χ1) is 15.4. The molecule has 5 rings (SSSR count). The molecular weight excluding hydrogens is 478 g/mol. The van der Waals surface area contributed by atoms with Gasteiger partial charge in [0.15, 0.2) is 0 Å². The molecule has 4 unspecified atom stereocenters. The highest BCUT2D eigenvalue weighted by Gasteiger charge is 2.59. The molecule has 1 heterocycles. The number of nitrogens with zero attached hydrogens (tertiary/aromatic N) is 3. The van der Waals surface area contributed by atoms with Crippen molar-refractivity contribution >= 4 is 39.6 Å². The lowest BCUT2D eigenvalue weighted by molar-refractivity contribution is -0.384. The van der Waals surface area contributed by atoms with Crippen LogP contribution in [0.4, 0.5) is 5.69 Å². The first-order valence-electron chi connectivity index (χ1n) is 10.2. The number of ether oxygens (including phenoxy) is 1. The van der Waals surface area contributed by atoms with Crippen LogP contribution in [0.25, 0.3) is 0 Å². The number of allylic oxidation sites excluding steroid dienone is 2. The number of hydrogen-bond donors (Lipinski definition) is 0. The van der Waals surface area contributed by atoms with E-state index in [1.165, 1.54) is 18.3 Å². The number of benzene rings is 2. The van der Waals surface area contributed by atoms with Crippen molar-refractivity contribution in [3.8, 4) is 5.75 Å². The molecule has 1 aliphatic heterocycles. The molecule has 2 aromatic rings. The summed E-state index contributed by atoms with van der Waals surface area (Å²) in [5.41, 5.74) is 1.38. The van der Waals surface area contributed by atoms with Crippen LogP contribution in [0.1, 0.15) is 17.5 Å². The van der Waals surface area contributed by atoms with Gasteiger partial charge >= 0.3 is 0 Å². The molecule has 8 nitrogen and oxygen atoms in total. The van der Waals surface area contributed by atoms with Gasteiger partial charge in [-0.3, -0.25) is 19.7 Å². The summed E-state index contributed by atoms with van der Waals surface area (Å²) in [6.45, 7) is 0.196. The number of amides is 2. The minimum atomic E-state index is -0.454. The van der Waals surface area contributed by atoms with E-state index in [-0.39, 0.29) is 47.8 Å². The van der Waals surface area contributed by atoms with Crippen LogP contribution >= 0.6 is 15.9 Å². The van der Waals surface area contributed by atoms with Crippen molar-refractivity contribution in [1.82, 2.24) is 5.01 Å². The van der Waals surface area contributed by atoms with Crippen LogP contribution in [0.3, 0.4) is 0 Å². The van der Waals surface area contributed by atoms with Crippen molar-refractivity contribution < 1.29 is 19.2 Å². The Labute approximate surface area is 191 Å². The summed E-state index contributed by atoms with van der Waals surface area (Å²) in [6.07, 6.45) is 6.42. The van der Waals surface area contributed by atoms with Crippen molar-refractivity contribution in [3.63, 3.8) is 0 Å². The van der Waals surface area contributed by atoms with Crippen LogP contribution in [-0.4, -0.2) is 28.0 Å². The van der Waals surface area contributed by atoms with E-state index in [0.29, 0.717) is 11.3 Å². The fraction of sp³-hybridized carbons (Fsp3) is 0.261. The predicted octanol–water partition coefficient (Wildman–Crippen LogP) is 4.08. The summed E-state index contributed by atoms with van der Waals surface area (Å²) in [6, 6.07) is 11.5. The van der Waals surface area contributed by atoms with Gasteiger partial charge in [0.1, 0.15) is 12.4 Å². The Morgan fingerprint density at radius 1 is 1.09 bits per heavy atom. The zero-order valence-corrected chi connectivity index (χ0v) is 18.3. The van der Waals surface area contributed by atoms with Crippen molar-refractivity contribution in [2.45, 2.75) is 13.0 Å². The monoisotopic (exact) mass is 495 g/mol. The zero-order chi connectivity index (χ0) is 22.4. The quantitative estimate of drug-likeness (QED) is 0.197. The molecule has 2 fully saturated rings. The lowest BCUT2D eigenvalue weighted by atomic mass is 9.85. The molecule has 32 heavy (non-hydrogen) atoms. The summed E-state index contributed by atoms with van der Waals surface area (Å²) in [7, 11) is 0. The van der Waals surface area contributed by atoms with Crippen LogP contribution in [0.2, 0.25) is 0 Å². The number of hydrogen-bond acceptors (Lipinski definition) is 6. The summed E-state index contributed by atoms with van der Waals surface area (Å²) < 4.78 is 6.68. The predicted molar refractivity (Wildman–Crippen MR) is 119 cm³/mol. The van der Waals surface area contributed by atoms with E-state index in [2.05, 4.69) is 21.0 Å². The molecule has 2 bridgehead atoms. The fourth-order valence-electron chi connectivity index (χ4n) is 4.75. The number of non-ortho nitro benzene ring substituents is 1. The van der Waals surface area contributed by atoms with Gasteiger partial charge in [0.2, 0.25) is 0 Å². The van der Waals surface area contributed by atoms with E-state index < -0.39 is 4.92 Å². The second-order valence-electron chi connectivity index (χ2n) is 8.13. The average Bonchev–Trinajstić information content (AvgIpc) is 3.46. The minimum absolute atomic E-state index is 0.0126.